The second-order valence-electron chi connectivity index (χ2n) is 10.2. The van der Waals surface area contributed by atoms with Gasteiger partial charge in [-0.2, -0.15) is 0 Å². The maximum atomic E-state index is 12.4. The largest absolute Gasteiger partial charge is 0.444 e. The normalized spacial score (nSPS) is 20.2. The Bertz CT molecular complexity index is 1080. The summed E-state index contributed by atoms with van der Waals surface area (Å²) in [5.41, 5.74) is 2.68. The van der Waals surface area contributed by atoms with Crippen LogP contribution in [0, 0.1) is 0 Å². The molecule has 0 bridgehead atoms. The number of amides is 3. The molecule has 1 N–H and O–H groups in total. The lowest BCUT2D eigenvalue weighted by atomic mass is 9.90. The molecule has 2 aliphatic heterocycles. The van der Waals surface area contributed by atoms with E-state index in [0.29, 0.717) is 12.8 Å². The summed E-state index contributed by atoms with van der Waals surface area (Å²) in [6.07, 6.45) is 4.41. The van der Waals surface area contributed by atoms with Crippen molar-refractivity contribution >= 4 is 34.5 Å². The zero-order valence-corrected chi connectivity index (χ0v) is 20.2. The van der Waals surface area contributed by atoms with Crippen LogP contribution in [0.3, 0.4) is 0 Å². The van der Waals surface area contributed by atoms with Crippen LogP contribution in [0.5, 0.6) is 0 Å². The monoisotopic (exact) mass is 454 g/mol. The molecule has 2 aromatic rings. The summed E-state index contributed by atoms with van der Waals surface area (Å²) in [7, 11) is 3.81. The van der Waals surface area contributed by atoms with E-state index >= 15 is 0 Å². The zero-order valence-electron chi connectivity index (χ0n) is 20.2. The zero-order chi connectivity index (χ0) is 23.9. The van der Waals surface area contributed by atoms with Gasteiger partial charge in [-0.15, -0.1) is 0 Å². The Hall–Kier alpha value is -3.03. The number of piperidine rings is 2. The summed E-state index contributed by atoms with van der Waals surface area (Å²) < 4.78 is 7.57. The number of hydrogen-bond donors (Lipinski definition) is 1. The molecule has 4 rings (SSSR count). The molecule has 8 heteroatoms. The standard InChI is InChI=1S/C25H34N4O4/c1-25(2,3)33-24(32)28(5)16-10-12-29(13-11-16)17-6-7-18-20(15-27(4)21(18)14-17)19-8-9-22(30)26-23(19)31/h6-7,14-16,19H,8-13H2,1-5H3,(H,26,30,31). The number of rotatable bonds is 3. The number of aromatic nitrogens is 1. The van der Waals surface area contributed by atoms with Crippen molar-refractivity contribution in [3.63, 3.8) is 0 Å². The average molecular weight is 455 g/mol. The van der Waals surface area contributed by atoms with E-state index in [1.165, 1.54) is 0 Å². The number of aryl methyl sites for hydroxylation is 1. The lowest BCUT2D eigenvalue weighted by Crippen LogP contribution is -2.47. The van der Waals surface area contributed by atoms with Gasteiger partial charge in [0.25, 0.3) is 0 Å². The van der Waals surface area contributed by atoms with Crippen LogP contribution in [0.15, 0.2) is 24.4 Å². The van der Waals surface area contributed by atoms with E-state index < -0.39 is 5.60 Å². The van der Waals surface area contributed by atoms with Gasteiger partial charge < -0.3 is 19.1 Å². The molecular weight excluding hydrogens is 420 g/mol. The predicted molar refractivity (Wildman–Crippen MR) is 127 cm³/mol. The van der Waals surface area contributed by atoms with Crippen LogP contribution >= 0.6 is 0 Å². The Morgan fingerprint density at radius 2 is 1.85 bits per heavy atom. The third-order valence-electron chi connectivity index (χ3n) is 6.68. The smallest absolute Gasteiger partial charge is 0.410 e. The maximum Gasteiger partial charge on any atom is 0.410 e. The molecule has 178 valence electrons. The van der Waals surface area contributed by atoms with Crippen LogP contribution in [0.25, 0.3) is 10.9 Å². The van der Waals surface area contributed by atoms with E-state index in [1.54, 1.807) is 4.90 Å². The highest BCUT2D eigenvalue weighted by Crippen LogP contribution is 2.34. The molecule has 2 saturated heterocycles. The van der Waals surface area contributed by atoms with Gasteiger partial charge in [-0.25, -0.2) is 4.79 Å². The molecule has 1 aromatic carbocycles. The fourth-order valence-electron chi connectivity index (χ4n) is 4.86. The van der Waals surface area contributed by atoms with Gasteiger partial charge in [0, 0.05) is 56.9 Å². The SMILES string of the molecule is CN(C(=O)OC(C)(C)C)C1CCN(c2ccc3c(C4CCC(=O)NC4=O)cn(C)c3c2)CC1. The van der Waals surface area contributed by atoms with Crippen molar-refractivity contribution in [2.24, 2.45) is 7.05 Å². The molecule has 2 fully saturated rings. The Labute approximate surface area is 194 Å². The number of nitrogens with one attached hydrogen (secondary N) is 1. The van der Waals surface area contributed by atoms with E-state index in [1.807, 2.05) is 41.1 Å². The number of hydrogen-bond acceptors (Lipinski definition) is 5. The highest BCUT2D eigenvalue weighted by molar-refractivity contribution is 6.03. The lowest BCUT2D eigenvalue weighted by molar-refractivity contribution is -0.134. The van der Waals surface area contributed by atoms with Gasteiger partial charge >= 0.3 is 6.09 Å². The number of benzene rings is 1. The van der Waals surface area contributed by atoms with Crippen molar-refractivity contribution in [2.45, 2.75) is 64.0 Å². The summed E-state index contributed by atoms with van der Waals surface area (Å²) in [6, 6.07) is 6.52. The molecule has 0 aliphatic carbocycles. The van der Waals surface area contributed by atoms with Crippen molar-refractivity contribution in [1.29, 1.82) is 0 Å². The van der Waals surface area contributed by atoms with Gasteiger partial charge in [0.15, 0.2) is 0 Å². The van der Waals surface area contributed by atoms with Crippen LogP contribution in [0.4, 0.5) is 10.5 Å². The molecule has 0 saturated carbocycles. The molecule has 8 nitrogen and oxygen atoms in total. The second kappa shape index (κ2) is 8.72. The number of ether oxygens (including phenoxy) is 1. The highest BCUT2D eigenvalue weighted by Gasteiger charge is 2.31. The first kappa shape index (κ1) is 23.1. The first-order valence-electron chi connectivity index (χ1n) is 11.7. The van der Waals surface area contributed by atoms with Crippen LogP contribution in [-0.2, 0) is 21.4 Å². The number of imide groups is 1. The minimum absolute atomic E-state index is 0.161. The minimum atomic E-state index is -0.497. The van der Waals surface area contributed by atoms with Gasteiger partial charge in [0.1, 0.15) is 5.60 Å². The minimum Gasteiger partial charge on any atom is -0.444 e. The summed E-state index contributed by atoms with van der Waals surface area (Å²) in [4.78, 5) is 40.4. The highest BCUT2D eigenvalue weighted by atomic mass is 16.6. The molecule has 1 unspecified atom stereocenters. The van der Waals surface area contributed by atoms with E-state index in [4.69, 9.17) is 4.74 Å². The van der Waals surface area contributed by atoms with E-state index in [2.05, 4.69) is 33.0 Å². The fraction of sp³-hybridized carbons (Fsp3) is 0.560. The lowest BCUT2D eigenvalue weighted by Gasteiger charge is -2.38. The fourth-order valence-corrected chi connectivity index (χ4v) is 4.86. The topological polar surface area (TPSA) is 83.9 Å². The van der Waals surface area contributed by atoms with Crippen LogP contribution in [0.2, 0.25) is 0 Å². The first-order chi connectivity index (χ1) is 15.5. The molecule has 0 spiro atoms. The van der Waals surface area contributed by atoms with Gasteiger partial charge in [-0.3, -0.25) is 14.9 Å². The van der Waals surface area contributed by atoms with Gasteiger partial charge in [-0.05, 0) is 57.7 Å². The summed E-state index contributed by atoms with van der Waals surface area (Å²) in [6.45, 7) is 7.35. The Morgan fingerprint density at radius 3 is 2.48 bits per heavy atom. The predicted octanol–water partition coefficient (Wildman–Crippen LogP) is 3.53. The Kier molecular flexibility index (Phi) is 6.12. The number of carbonyl (C=O) groups excluding carboxylic acids is 3. The summed E-state index contributed by atoms with van der Waals surface area (Å²) in [5.74, 6) is -0.699. The van der Waals surface area contributed by atoms with E-state index in [-0.39, 0.29) is 29.9 Å². The van der Waals surface area contributed by atoms with Crippen molar-refractivity contribution in [3.8, 4) is 0 Å². The maximum absolute atomic E-state index is 12.4. The van der Waals surface area contributed by atoms with E-state index in [9.17, 15) is 14.4 Å². The Morgan fingerprint density at radius 1 is 1.15 bits per heavy atom. The molecule has 0 radical (unpaired) electrons. The van der Waals surface area contributed by atoms with Crippen molar-refractivity contribution in [3.05, 3.63) is 30.0 Å². The number of fused-ring (bicyclic) bond motifs is 1. The molecule has 3 heterocycles. The number of carbonyl (C=O) groups is 3. The van der Waals surface area contributed by atoms with Crippen molar-refractivity contribution in [1.82, 2.24) is 14.8 Å². The molecule has 1 atom stereocenters. The van der Waals surface area contributed by atoms with Gasteiger partial charge in [0.2, 0.25) is 11.8 Å². The van der Waals surface area contributed by atoms with Crippen LogP contribution in [-0.4, -0.2) is 59.2 Å². The van der Waals surface area contributed by atoms with Gasteiger partial charge in [0.05, 0.1) is 11.4 Å². The van der Waals surface area contributed by atoms with Crippen molar-refractivity contribution in [2.75, 3.05) is 25.0 Å². The number of anilines is 1. The molecule has 1 aromatic heterocycles. The third kappa shape index (κ3) is 4.84. The van der Waals surface area contributed by atoms with Gasteiger partial charge in [-0.1, -0.05) is 6.07 Å². The van der Waals surface area contributed by atoms with Crippen LogP contribution in [0.1, 0.15) is 57.9 Å². The quantitative estimate of drug-likeness (QED) is 0.718. The third-order valence-corrected chi connectivity index (χ3v) is 6.68. The van der Waals surface area contributed by atoms with E-state index in [0.717, 1.165) is 48.1 Å². The first-order valence-corrected chi connectivity index (χ1v) is 11.7. The molecule has 33 heavy (non-hydrogen) atoms. The summed E-state index contributed by atoms with van der Waals surface area (Å²) >= 11 is 0. The second-order valence-corrected chi connectivity index (χ2v) is 10.2. The Balaban J connectivity index is 1.46. The molecular formula is C25H34N4O4. The van der Waals surface area contributed by atoms with Crippen LogP contribution < -0.4 is 10.2 Å². The molecule has 3 amide bonds. The average Bonchev–Trinajstić information content (AvgIpc) is 3.08. The summed E-state index contributed by atoms with van der Waals surface area (Å²) in [5, 5.41) is 3.52. The molecule has 2 aliphatic rings. The number of nitrogens with zero attached hydrogens (tertiary/aromatic N) is 3. The van der Waals surface area contributed by atoms with Crippen molar-refractivity contribution < 1.29 is 19.1 Å².